The fourth-order valence-electron chi connectivity index (χ4n) is 1.22. The number of benzene rings is 1. The normalized spacial score (nSPS) is 11.5. The van der Waals surface area contributed by atoms with E-state index in [-0.39, 0.29) is 5.78 Å². The SMILES string of the molecule is COc1cccc([C@@H](C#N)C(C)=O)c1. The predicted octanol–water partition coefficient (Wildman–Crippen LogP) is 1.89. The molecule has 0 bridgehead atoms. The van der Waals surface area contributed by atoms with Gasteiger partial charge in [-0.1, -0.05) is 12.1 Å². The van der Waals surface area contributed by atoms with Crippen molar-refractivity contribution < 1.29 is 9.53 Å². The molecule has 3 heteroatoms. The van der Waals surface area contributed by atoms with E-state index in [4.69, 9.17) is 10.00 Å². The van der Waals surface area contributed by atoms with Crippen molar-refractivity contribution in [1.29, 1.82) is 5.26 Å². The van der Waals surface area contributed by atoms with E-state index in [1.807, 2.05) is 6.07 Å². The number of Topliss-reactive ketones (excluding diaryl/α,β-unsaturated/α-hetero) is 1. The number of nitriles is 1. The van der Waals surface area contributed by atoms with Gasteiger partial charge in [0.15, 0.2) is 5.78 Å². The maximum Gasteiger partial charge on any atom is 0.151 e. The Hall–Kier alpha value is -1.82. The minimum absolute atomic E-state index is 0.152. The molecule has 0 aromatic heterocycles. The van der Waals surface area contributed by atoms with Gasteiger partial charge < -0.3 is 4.74 Å². The summed E-state index contributed by atoms with van der Waals surface area (Å²) >= 11 is 0. The van der Waals surface area contributed by atoms with Crippen LogP contribution >= 0.6 is 0 Å². The van der Waals surface area contributed by atoms with Crippen LogP contribution in [0.1, 0.15) is 18.4 Å². The van der Waals surface area contributed by atoms with Crippen LogP contribution in [0.4, 0.5) is 0 Å². The summed E-state index contributed by atoms with van der Waals surface area (Å²) in [5, 5.41) is 8.80. The Balaban J connectivity index is 3.06. The lowest BCUT2D eigenvalue weighted by molar-refractivity contribution is -0.117. The summed E-state index contributed by atoms with van der Waals surface area (Å²) in [6.07, 6.45) is 0. The highest BCUT2D eigenvalue weighted by Crippen LogP contribution is 2.20. The van der Waals surface area contributed by atoms with Crippen LogP contribution < -0.4 is 4.74 Å². The molecule has 0 heterocycles. The molecule has 0 aliphatic carbocycles. The molecule has 1 aromatic carbocycles. The van der Waals surface area contributed by atoms with Crippen molar-refractivity contribution in [2.45, 2.75) is 12.8 Å². The number of methoxy groups -OCH3 is 1. The van der Waals surface area contributed by atoms with Crippen molar-refractivity contribution in [3.05, 3.63) is 29.8 Å². The topological polar surface area (TPSA) is 50.1 Å². The second kappa shape index (κ2) is 4.43. The van der Waals surface area contributed by atoms with Crippen molar-refractivity contribution >= 4 is 5.78 Å². The minimum atomic E-state index is -0.690. The first-order valence-corrected chi connectivity index (χ1v) is 4.23. The lowest BCUT2D eigenvalue weighted by atomic mass is 9.97. The van der Waals surface area contributed by atoms with Gasteiger partial charge in [-0.3, -0.25) is 4.79 Å². The molecule has 0 aliphatic heterocycles. The van der Waals surface area contributed by atoms with Gasteiger partial charge in [0.1, 0.15) is 11.7 Å². The fourth-order valence-corrected chi connectivity index (χ4v) is 1.22. The number of carbonyl (C=O) groups is 1. The molecule has 0 fully saturated rings. The number of carbonyl (C=O) groups excluding carboxylic acids is 1. The minimum Gasteiger partial charge on any atom is -0.497 e. The summed E-state index contributed by atoms with van der Waals surface area (Å²) < 4.78 is 5.01. The number of ether oxygens (including phenoxy) is 1. The van der Waals surface area contributed by atoms with Crippen LogP contribution in [0.2, 0.25) is 0 Å². The quantitative estimate of drug-likeness (QED) is 0.729. The first-order chi connectivity index (χ1) is 6.69. The van der Waals surface area contributed by atoms with E-state index in [2.05, 4.69) is 0 Å². The third kappa shape index (κ3) is 2.11. The molecule has 0 amide bonds. The molecule has 0 saturated carbocycles. The maximum absolute atomic E-state index is 11.1. The van der Waals surface area contributed by atoms with Gasteiger partial charge >= 0.3 is 0 Å². The van der Waals surface area contributed by atoms with Crippen LogP contribution in [-0.2, 0) is 4.79 Å². The first-order valence-electron chi connectivity index (χ1n) is 4.23. The van der Waals surface area contributed by atoms with E-state index in [9.17, 15) is 4.79 Å². The van der Waals surface area contributed by atoms with E-state index < -0.39 is 5.92 Å². The van der Waals surface area contributed by atoms with E-state index >= 15 is 0 Å². The van der Waals surface area contributed by atoms with Crippen LogP contribution in [0.3, 0.4) is 0 Å². The molecular formula is C11H11NO2. The van der Waals surface area contributed by atoms with E-state index in [0.717, 1.165) is 0 Å². The molecule has 1 atom stereocenters. The predicted molar refractivity (Wildman–Crippen MR) is 52.0 cm³/mol. The second-order valence-corrected chi connectivity index (χ2v) is 2.95. The second-order valence-electron chi connectivity index (χ2n) is 2.95. The largest absolute Gasteiger partial charge is 0.497 e. The average molecular weight is 189 g/mol. The Labute approximate surface area is 82.9 Å². The number of nitrogens with zero attached hydrogens (tertiary/aromatic N) is 1. The van der Waals surface area contributed by atoms with Crippen LogP contribution in [0.15, 0.2) is 24.3 Å². The van der Waals surface area contributed by atoms with E-state index in [1.165, 1.54) is 6.92 Å². The summed E-state index contributed by atoms with van der Waals surface area (Å²) in [6, 6.07) is 8.96. The van der Waals surface area contributed by atoms with Crippen molar-refractivity contribution in [2.75, 3.05) is 7.11 Å². The highest BCUT2D eigenvalue weighted by atomic mass is 16.5. The monoisotopic (exact) mass is 189 g/mol. The van der Waals surface area contributed by atoms with Gasteiger partial charge in [-0.25, -0.2) is 0 Å². The van der Waals surface area contributed by atoms with Gasteiger partial charge in [0.25, 0.3) is 0 Å². The number of ketones is 1. The Bertz CT molecular complexity index is 379. The summed E-state index contributed by atoms with van der Waals surface area (Å²) in [5.74, 6) is -0.185. The standard InChI is InChI=1S/C11H11NO2/c1-8(13)11(7-12)9-4-3-5-10(6-9)14-2/h3-6,11H,1-2H3/t11-/m0/s1. The smallest absolute Gasteiger partial charge is 0.151 e. The number of hydrogen-bond donors (Lipinski definition) is 0. The van der Waals surface area contributed by atoms with E-state index in [0.29, 0.717) is 11.3 Å². The van der Waals surface area contributed by atoms with Crippen LogP contribution in [-0.4, -0.2) is 12.9 Å². The van der Waals surface area contributed by atoms with Gasteiger partial charge in [0, 0.05) is 0 Å². The third-order valence-electron chi connectivity index (χ3n) is 1.96. The number of rotatable bonds is 3. The Kier molecular flexibility index (Phi) is 3.24. The molecule has 1 rings (SSSR count). The fraction of sp³-hybridized carbons (Fsp3) is 0.273. The molecule has 0 spiro atoms. The van der Waals surface area contributed by atoms with Gasteiger partial charge in [0.05, 0.1) is 13.2 Å². The molecule has 0 aliphatic rings. The Morgan fingerprint density at radius 1 is 1.57 bits per heavy atom. The molecule has 0 N–H and O–H groups in total. The Morgan fingerprint density at radius 3 is 2.79 bits per heavy atom. The van der Waals surface area contributed by atoms with Crippen molar-refractivity contribution in [3.63, 3.8) is 0 Å². The molecule has 1 aromatic rings. The van der Waals surface area contributed by atoms with Crippen molar-refractivity contribution in [3.8, 4) is 11.8 Å². The molecule has 0 radical (unpaired) electrons. The molecule has 72 valence electrons. The zero-order valence-electron chi connectivity index (χ0n) is 8.15. The molecule has 0 unspecified atom stereocenters. The maximum atomic E-state index is 11.1. The molecule has 3 nitrogen and oxygen atoms in total. The zero-order chi connectivity index (χ0) is 10.6. The highest BCUT2D eigenvalue weighted by Gasteiger charge is 2.15. The zero-order valence-corrected chi connectivity index (χ0v) is 8.15. The Morgan fingerprint density at radius 2 is 2.29 bits per heavy atom. The average Bonchev–Trinajstić information content (AvgIpc) is 2.19. The summed E-state index contributed by atoms with van der Waals surface area (Å²) in [5.41, 5.74) is 0.680. The van der Waals surface area contributed by atoms with Crippen LogP contribution in [0, 0.1) is 11.3 Å². The molecule has 14 heavy (non-hydrogen) atoms. The van der Waals surface area contributed by atoms with Crippen LogP contribution in [0.5, 0.6) is 5.75 Å². The van der Waals surface area contributed by atoms with Gasteiger partial charge in [-0.15, -0.1) is 0 Å². The molecular weight excluding hydrogens is 178 g/mol. The number of hydrogen-bond acceptors (Lipinski definition) is 3. The summed E-state index contributed by atoms with van der Waals surface area (Å²) in [6.45, 7) is 1.41. The highest BCUT2D eigenvalue weighted by molar-refractivity contribution is 5.86. The van der Waals surface area contributed by atoms with Crippen molar-refractivity contribution in [2.24, 2.45) is 0 Å². The molecule has 0 saturated heterocycles. The third-order valence-corrected chi connectivity index (χ3v) is 1.96. The van der Waals surface area contributed by atoms with E-state index in [1.54, 1.807) is 31.4 Å². The summed E-state index contributed by atoms with van der Waals surface area (Å²) in [4.78, 5) is 11.1. The van der Waals surface area contributed by atoms with Gasteiger partial charge in [0.2, 0.25) is 0 Å². The summed E-state index contributed by atoms with van der Waals surface area (Å²) in [7, 11) is 1.55. The van der Waals surface area contributed by atoms with Gasteiger partial charge in [-0.2, -0.15) is 5.26 Å². The lowest BCUT2D eigenvalue weighted by Crippen LogP contribution is -2.06. The van der Waals surface area contributed by atoms with Gasteiger partial charge in [-0.05, 0) is 24.6 Å². The lowest BCUT2D eigenvalue weighted by Gasteiger charge is -2.06. The van der Waals surface area contributed by atoms with Crippen molar-refractivity contribution in [1.82, 2.24) is 0 Å². The first kappa shape index (κ1) is 10.3. The van der Waals surface area contributed by atoms with Crippen LogP contribution in [0.25, 0.3) is 0 Å².